The Morgan fingerprint density at radius 3 is 2.71 bits per heavy atom. The van der Waals surface area contributed by atoms with E-state index in [0.29, 0.717) is 36.1 Å². The average molecular weight is 440 g/mol. The van der Waals surface area contributed by atoms with Gasteiger partial charge in [0.2, 0.25) is 5.91 Å². The van der Waals surface area contributed by atoms with Crippen LogP contribution in [-0.4, -0.2) is 48.8 Å². The fourth-order valence-corrected chi connectivity index (χ4v) is 4.02. The van der Waals surface area contributed by atoms with E-state index in [1.165, 1.54) is 0 Å². The summed E-state index contributed by atoms with van der Waals surface area (Å²) in [6.45, 7) is 2.44. The largest absolute Gasteiger partial charge is 0.496 e. The van der Waals surface area contributed by atoms with E-state index >= 15 is 0 Å². The van der Waals surface area contributed by atoms with Gasteiger partial charge in [0.05, 0.1) is 12.0 Å². The van der Waals surface area contributed by atoms with Gasteiger partial charge in [-0.1, -0.05) is 12.1 Å². The third-order valence-electron chi connectivity index (χ3n) is 4.73. The highest BCUT2D eigenvalue weighted by Crippen LogP contribution is 2.34. The summed E-state index contributed by atoms with van der Waals surface area (Å²) in [7, 11) is 1.57. The molecule has 9 heteroatoms. The van der Waals surface area contributed by atoms with E-state index in [9.17, 15) is 14.4 Å². The minimum absolute atomic E-state index is 0.253. The topological polar surface area (TPSA) is 94.2 Å². The molecular formula is C22H20N2O6S. The molecular weight excluding hydrogens is 420 g/mol. The number of benzene rings is 2. The van der Waals surface area contributed by atoms with Crippen molar-refractivity contribution in [3.8, 4) is 17.2 Å². The van der Waals surface area contributed by atoms with Crippen molar-refractivity contribution in [3.63, 3.8) is 0 Å². The van der Waals surface area contributed by atoms with Gasteiger partial charge in [-0.05, 0) is 54.1 Å². The van der Waals surface area contributed by atoms with Gasteiger partial charge in [-0.3, -0.25) is 19.3 Å². The predicted octanol–water partition coefficient (Wildman–Crippen LogP) is 3.45. The lowest BCUT2D eigenvalue weighted by molar-refractivity contribution is -0.127. The zero-order chi connectivity index (χ0) is 22.0. The Morgan fingerprint density at radius 2 is 1.94 bits per heavy atom. The van der Waals surface area contributed by atoms with E-state index in [0.717, 1.165) is 27.8 Å². The lowest BCUT2D eigenvalue weighted by Gasteiger charge is -2.19. The quantitative estimate of drug-likeness (QED) is 0.712. The van der Waals surface area contributed by atoms with Crippen LogP contribution in [0.3, 0.4) is 0 Å². The first-order valence-corrected chi connectivity index (χ1v) is 10.4. The van der Waals surface area contributed by atoms with E-state index in [2.05, 4.69) is 5.32 Å². The summed E-state index contributed by atoms with van der Waals surface area (Å²) in [4.78, 5) is 38.6. The molecule has 0 unspecified atom stereocenters. The minimum atomic E-state index is -0.508. The van der Waals surface area contributed by atoms with Crippen LogP contribution in [0.15, 0.2) is 41.3 Å². The van der Waals surface area contributed by atoms with Crippen LogP contribution in [-0.2, 0) is 9.59 Å². The summed E-state index contributed by atoms with van der Waals surface area (Å²) < 4.78 is 16.2. The Kier molecular flexibility index (Phi) is 5.85. The number of nitrogens with zero attached hydrogens (tertiary/aromatic N) is 1. The molecule has 1 N–H and O–H groups in total. The van der Waals surface area contributed by atoms with Crippen molar-refractivity contribution < 1.29 is 28.6 Å². The molecule has 31 heavy (non-hydrogen) atoms. The number of carbonyl (C=O) groups is 3. The van der Waals surface area contributed by atoms with E-state index in [1.54, 1.807) is 37.5 Å². The molecule has 160 valence electrons. The molecule has 8 nitrogen and oxygen atoms in total. The monoisotopic (exact) mass is 440 g/mol. The number of rotatable bonds is 5. The summed E-state index contributed by atoms with van der Waals surface area (Å²) in [5, 5.41) is 2.19. The smallest absolute Gasteiger partial charge is 0.294 e. The molecule has 0 aliphatic carbocycles. The van der Waals surface area contributed by atoms with Crippen LogP contribution < -0.4 is 19.5 Å². The van der Waals surface area contributed by atoms with Crippen molar-refractivity contribution in [3.05, 3.63) is 52.4 Å². The number of hydrogen-bond donors (Lipinski definition) is 1. The van der Waals surface area contributed by atoms with Crippen LogP contribution in [0.5, 0.6) is 17.2 Å². The first-order valence-electron chi connectivity index (χ1n) is 9.54. The van der Waals surface area contributed by atoms with Gasteiger partial charge in [-0.25, -0.2) is 0 Å². The van der Waals surface area contributed by atoms with Crippen LogP contribution in [0.4, 0.5) is 10.5 Å². The highest BCUT2D eigenvalue weighted by atomic mass is 32.2. The molecule has 0 saturated carbocycles. The first kappa shape index (κ1) is 20.8. The molecule has 0 bridgehead atoms. The second-order valence-electron chi connectivity index (χ2n) is 6.90. The van der Waals surface area contributed by atoms with Crippen LogP contribution in [0.25, 0.3) is 6.08 Å². The van der Waals surface area contributed by atoms with Gasteiger partial charge < -0.3 is 19.5 Å². The molecule has 0 aromatic heterocycles. The molecule has 2 aliphatic heterocycles. The van der Waals surface area contributed by atoms with Gasteiger partial charge in [0.1, 0.15) is 25.5 Å². The average Bonchev–Trinajstić information content (AvgIpc) is 3.02. The highest BCUT2D eigenvalue weighted by molar-refractivity contribution is 8.18. The summed E-state index contributed by atoms with van der Waals surface area (Å²) in [5.41, 5.74) is 2.18. The van der Waals surface area contributed by atoms with Crippen molar-refractivity contribution in [1.82, 2.24) is 4.90 Å². The number of ether oxygens (including phenoxy) is 3. The number of nitrogens with one attached hydrogen (secondary N) is 1. The van der Waals surface area contributed by atoms with E-state index < -0.39 is 17.1 Å². The number of fused-ring (bicyclic) bond motifs is 1. The van der Waals surface area contributed by atoms with Gasteiger partial charge in [-0.2, -0.15) is 0 Å². The molecule has 1 saturated heterocycles. The first-order chi connectivity index (χ1) is 14.9. The number of imide groups is 1. The molecule has 2 aromatic carbocycles. The number of thioether (sulfide) groups is 1. The number of carbonyl (C=O) groups excluding carboxylic acids is 3. The van der Waals surface area contributed by atoms with Gasteiger partial charge in [0.25, 0.3) is 11.1 Å². The molecule has 2 aromatic rings. The Bertz CT molecular complexity index is 1100. The number of anilines is 1. The summed E-state index contributed by atoms with van der Waals surface area (Å²) >= 11 is 0.802. The SMILES string of the molecule is COc1cc(/C=C2/SC(=O)N(CC(=O)Nc3ccc4c(c3)OCCO4)C2=O)ccc1C. The van der Waals surface area contributed by atoms with Crippen molar-refractivity contribution in [1.29, 1.82) is 0 Å². The zero-order valence-corrected chi connectivity index (χ0v) is 17.8. The summed E-state index contributed by atoms with van der Waals surface area (Å²) in [6, 6.07) is 10.5. The highest BCUT2D eigenvalue weighted by Gasteiger charge is 2.36. The number of aryl methyl sites for hydroxylation is 1. The van der Waals surface area contributed by atoms with E-state index in [1.807, 2.05) is 19.1 Å². The number of methoxy groups -OCH3 is 1. The minimum Gasteiger partial charge on any atom is -0.496 e. The Labute approximate surface area is 183 Å². The Morgan fingerprint density at radius 1 is 1.16 bits per heavy atom. The molecule has 0 atom stereocenters. The lowest BCUT2D eigenvalue weighted by atomic mass is 10.1. The van der Waals surface area contributed by atoms with Crippen molar-refractivity contribution in [2.75, 3.05) is 32.2 Å². The van der Waals surface area contributed by atoms with Crippen LogP contribution in [0.2, 0.25) is 0 Å². The summed E-state index contributed by atoms with van der Waals surface area (Å²) in [6.07, 6.45) is 1.62. The van der Waals surface area contributed by atoms with E-state index in [-0.39, 0.29) is 11.4 Å². The molecule has 0 spiro atoms. The fraction of sp³-hybridized carbons (Fsp3) is 0.227. The molecule has 3 amide bonds. The maximum atomic E-state index is 12.7. The molecule has 2 heterocycles. The van der Waals surface area contributed by atoms with Crippen LogP contribution >= 0.6 is 11.8 Å². The predicted molar refractivity (Wildman–Crippen MR) is 116 cm³/mol. The third kappa shape index (κ3) is 4.51. The second-order valence-corrected chi connectivity index (χ2v) is 7.90. The van der Waals surface area contributed by atoms with Gasteiger partial charge in [-0.15, -0.1) is 0 Å². The maximum absolute atomic E-state index is 12.7. The Balaban J connectivity index is 1.43. The van der Waals surface area contributed by atoms with Crippen LogP contribution in [0, 0.1) is 6.92 Å². The van der Waals surface area contributed by atoms with Gasteiger partial charge in [0.15, 0.2) is 11.5 Å². The number of hydrogen-bond acceptors (Lipinski definition) is 7. The second kappa shape index (κ2) is 8.73. The summed E-state index contributed by atoms with van der Waals surface area (Å²) in [5.74, 6) is 0.829. The lowest BCUT2D eigenvalue weighted by Crippen LogP contribution is -2.36. The fourth-order valence-electron chi connectivity index (χ4n) is 3.18. The van der Waals surface area contributed by atoms with Crippen molar-refractivity contribution in [2.45, 2.75) is 6.92 Å². The Hall–Kier alpha value is -3.46. The number of amides is 3. The molecule has 4 rings (SSSR count). The standard InChI is InChI=1S/C22H20N2O6S/c1-13-3-4-14(9-17(13)28-2)10-19-21(26)24(22(27)31-19)12-20(25)23-15-5-6-16-18(11-15)30-8-7-29-16/h3-6,9-11H,7-8,12H2,1-2H3,(H,23,25)/b19-10+. The van der Waals surface area contributed by atoms with E-state index in [4.69, 9.17) is 14.2 Å². The molecule has 0 radical (unpaired) electrons. The normalized spacial score (nSPS) is 16.6. The molecule has 2 aliphatic rings. The van der Waals surface area contributed by atoms with Crippen molar-refractivity contribution in [2.24, 2.45) is 0 Å². The van der Waals surface area contributed by atoms with Crippen molar-refractivity contribution >= 4 is 40.6 Å². The maximum Gasteiger partial charge on any atom is 0.294 e. The van der Waals surface area contributed by atoms with Gasteiger partial charge >= 0.3 is 0 Å². The van der Waals surface area contributed by atoms with Crippen LogP contribution in [0.1, 0.15) is 11.1 Å². The zero-order valence-electron chi connectivity index (χ0n) is 17.0. The van der Waals surface area contributed by atoms with Gasteiger partial charge in [0, 0.05) is 11.8 Å². The molecule has 1 fully saturated rings. The third-order valence-corrected chi connectivity index (χ3v) is 5.64.